The van der Waals surface area contributed by atoms with Crippen molar-refractivity contribution in [1.82, 2.24) is 14.7 Å². The van der Waals surface area contributed by atoms with Crippen LogP contribution in [0, 0.1) is 6.92 Å². The fourth-order valence-electron chi connectivity index (χ4n) is 2.23. The summed E-state index contributed by atoms with van der Waals surface area (Å²) < 4.78 is 1.42. The number of aromatic nitrogens is 2. The average molecular weight is 253 g/mol. The molecule has 2 rings (SSSR count). The SMILES string of the molecule is Cc1cc(C(=O)N2C[C@H](O)C[C@H]2C(=O)O)n(C)n1. The molecule has 0 aromatic carbocycles. The highest BCUT2D eigenvalue weighted by Gasteiger charge is 2.40. The lowest BCUT2D eigenvalue weighted by atomic mass is 10.2. The number of hydrogen-bond acceptors (Lipinski definition) is 4. The van der Waals surface area contributed by atoms with E-state index in [0.717, 1.165) is 0 Å². The van der Waals surface area contributed by atoms with Gasteiger partial charge in [-0.25, -0.2) is 4.79 Å². The van der Waals surface area contributed by atoms with Crippen LogP contribution in [0.25, 0.3) is 0 Å². The molecule has 0 spiro atoms. The van der Waals surface area contributed by atoms with Crippen LogP contribution in [-0.4, -0.2) is 55.5 Å². The van der Waals surface area contributed by atoms with Gasteiger partial charge in [-0.1, -0.05) is 0 Å². The molecule has 2 N–H and O–H groups in total. The first kappa shape index (κ1) is 12.6. The van der Waals surface area contributed by atoms with Gasteiger partial charge >= 0.3 is 5.97 Å². The van der Waals surface area contributed by atoms with Gasteiger partial charge in [0.1, 0.15) is 11.7 Å². The molecule has 1 amide bonds. The zero-order valence-electron chi connectivity index (χ0n) is 10.2. The molecule has 0 unspecified atom stereocenters. The number of carbonyl (C=O) groups excluding carboxylic acids is 1. The first-order chi connectivity index (χ1) is 8.40. The maximum absolute atomic E-state index is 12.2. The predicted octanol–water partition coefficient (Wildman–Crippen LogP) is -0.611. The van der Waals surface area contributed by atoms with Crippen LogP contribution >= 0.6 is 0 Å². The van der Waals surface area contributed by atoms with Crippen molar-refractivity contribution in [1.29, 1.82) is 0 Å². The topological polar surface area (TPSA) is 95.7 Å². The normalized spacial score (nSPS) is 23.4. The van der Waals surface area contributed by atoms with Gasteiger partial charge < -0.3 is 15.1 Å². The van der Waals surface area contributed by atoms with E-state index in [1.54, 1.807) is 20.0 Å². The number of carbonyl (C=O) groups is 2. The van der Waals surface area contributed by atoms with Gasteiger partial charge in [0.05, 0.1) is 11.8 Å². The van der Waals surface area contributed by atoms with E-state index >= 15 is 0 Å². The largest absolute Gasteiger partial charge is 0.480 e. The van der Waals surface area contributed by atoms with E-state index < -0.39 is 24.0 Å². The highest BCUT2D eigenvalue weighted by Crippen LogP contribution is 2.21. The zero-order chi connectivity index (χ0) is 13.4. The Morgan fingerprint density at radius 1 is 1.50 bits per heavy atom. The van der Waals surface area contributed by atoms with Crippen LogP contribution in [0.4, 0.5) is 0 Å². The molecular weight excluding hydrogens is 238 g/mol. The number of β-amino-alcohol motifs (C(OH)–C–C–N with tert-alkyl or cyclic N) is 1. The van der Waals surface area contributed by atoms with Crippen molar-refractivity contribution in [2.75, 3.05) is 6.54 Å². The highest BCUT2D eigenvalue weighted by atomic mass is 16.4. The lowest BCUT2D eigenvalue weighted by Crippen LogP contribution is -2.41. The summed E-state index contributed by atoms with van der Waals surface area (Å²) in [7, 11) is 1.63. The molecule has 0 radical (unpaired) electrons. The quantitative estimate of drug-likeness (QED) is 0.733. The summed E-state index contributed by atoms with van der Waals surface area (Å²) in [4.78, 5) is 24.5. The number of carboxylic acid groups (broad SMARTS) is 1. The van der Waals surface area contributed by atoms with Crippen LogP contribution in [0.1, 0.15) is 22.6 Å². The van der Waals surface area contributed by atoms with Crippen molar-refractivity contribution in [2.45, 2.75) is 25.5 Å². The van der Waals surface area contributed by atoms with Crippen molar-refractivity contribution in [2.24, 2.45) is 7.05 Å². The molecule has 7 heteroatoms. The minimum Gasteiger partial charge on any atom is -0.480 e. The van der Waals surface area contributed by atoms with Crippen molar-refractivity contribution < 1.29 is 19.8 Å². The van der Waals surface area contributed by atoms with Gasteiger partial charge in [-0.15, -0.1) is 0 Å². The minimum atomic E-state index is -1.10. The number of amides is 1. The number of likely N-dealkylation sites (tertiary alicyclic amines) is 1. The lowest BCUT2D eigenvalue weighted by molar-refractivity contribution is -0.141. The third kappa shape index (κ3) is 2.08. The maximum Gasteiger partial charge on any atom is 0.326 e. The monoisotopic (exact) mass is 253 g/mol. The summed E-state index contributed by atoms with van der Waals surface area (Å²) in [5, 5.41) is 22.6. The fraction of sp³-hybridized carbons (Fsp3) is 0.545. The van der Waals surface area contributed by atoms with Gasteiger partial charge in [-0.3, -0.25) is 9.48 Å². The molecule has 2 heterocycles. The van der Waals surface area contributed by atoms with Crippen LogP contribution in [0.2, 0.25) is 0 Å². The summed E-state index contributed by atoms with van der Waals surface area (Å²) in [5.74, 6) is -1.51. The Hall–Kier alpha value is -1.89. The van der Waals surface area contributed by atoms with E-state index in [1.165, 1.54) is 9.58 Å². The number of carboxylic acids is 1. The molecule has 1 aromatic heterocycles. The van der Waals surface area contributed by atoms with Gasteiger partial charge in [0, 0.05) is 20.0 Å². The van der Waals surface area contributed by atoms with Gasteiger partial charge in [-0.2, -0.15) is 5.10 Å². The zero-order valence-corrected chi connectivity index (χ0v) is 10.2. The Morgan fingerprint density at radius 2 is 2.17 bits per heavy atom. The number of aliphatic carboxylic acids is 1. The van der Waals surface area contributed by atoms with Crippen molar-refractivity contribution >= 4 is 11.9 Å². The highest BCUT2D eigenvalue weighted by molar-refractivity contribution is 5.95. The van der Waals surface area contributed by atoms with Crippen LogP contribution < -0.4 is 0 Å². The second-order valence-corrected chi connectivity index (χ2v) is 4.50. The molecule has 18 heavy (non-hydrogen) atoms. The van der Waals surface area contributed by atoms with Crippen molar-refractivity contribution in [3.63, 3.8) is 0 Å². The molecule has 0 bridgehead atoms. The smallest absolute Gasteiger partial charge is 0.326 e. The van der Waals surface area contributed by atoms with Crippen LogP contribution in [0.15, 0.2) is 6.07 Å². The van der Waals surface area contributed by atoms with E-state index in [9.17, 15) is 14.7 Å². The number of hydrogen-bond donors (Lipinski definition) is 2. The lowest BCUT2D eigenvalue weighted by Gasteiger charge is -2.20. The van der Waals surface area contributed by atoms with Gasteiger partial charge in [0.2, 0.25) is 0 Å². The van der Waals surface area contributed by atoms with E-state index in [-0.39, 0.29) is 13.0 Å². The molecule has 2 atom stereocenters. The number of aliphatic hydroxyl groups excluding tert-OH is 1. The van der Waals surface area contributed by atoms with Gasteiger partial charge in [0.15, 0.2) is 0 Å². The Balaban J connectivity index is 2.28. The van der Waals surface area contributed by atoms with Gasteiger partial charge in [-0.05, 0) is 13.0 Å². The summed E-state index contributed by atoms with van der Waals surface area (Å²) in [6.07, 6.45) is -0.720. The first-order valence-corrected chi connectivity index (χ1v) is 5.62. The summed E-state index contributed by atoms with van der Waals surface area (Å²) in [6.45, 7) is 1.80. The molecule has 1 saturated heterocycles. The first-order valence-electron chi connectivity index (χ1n) is 5.62. The molecule has 7 nitrogen and oxygen atoms in total. The Kier molecular flexibility index (Phi) is 3.08. The van der Waals surface area contributed by atoms with Crippen LogP contribution in [0.5, 0.6) is 0 Å². The van der Waals surface area contributed by atoms with Crippen molar-refractivity contribution in [3.8, 4) is 0 Å². The standard InChI is InChI=1S/C11H15N3O4/c1-6-3-8(13(2)12-6)10(16)14-5-7(15)4-9(14)11(17)18/h3,7,9,15H,4-5H2,1-2H3,(H,17,18)/t7-,9+/m1/s1. The van der Waals surface area contributed by atoms with Crippen LogP contribution in [0.3, 0.4) is 0 Å². The average Bonchev–Trinajstić information content (AvgIpc) is 2.81. The molecule has 1 aromatic rings. The molecule has 1 fully saturated rings. The number of nitrogens with zero attached hydrogens (tertiary/aromatic N) is 3. The van der Waals surface area contributed by atoms with E-state index in [1.807, 2.05) is 0 Å². The molecule has 1 aliphatic rings. The predicted molar refractivity (Wildman–Crippen MR) is 61.0 cm³/mol. The molecule has 1 aliphatic heterocycles. The van der Waals surface area contributed by atoms with Crippen molar-refractivity contribution in [3.05, 3.63) is 17.5 Å². The number of rotatable bonds is 2. The molecule has 0 saturated carbocycles. The third-order valence-corrected chi connectivity index (χ3v) is 3.05. The molecular formula is C11H15N3O4. The summed E-state index contributed by atoms with van der Waals surface area (Å²) in [5.41, 5.74) is 1.01. The van der Waals surface area contributed by atoms with E-state index in [2.05, 4.69) is 5.10 Å². The number of aliphatic hydroxyl groups is 1. The van der Waals surface area contributed by atoms with Crippen LogP contribution in [-0.2, 0) is 11.8 Å². The van der Waals surface area contributed by atoms with E-state index in [4.69, 9.17) is 5.11 Å². The summed E-state index contributed by atoms with van der Waals surface area (Å²) >= 11 is 0. The fourth-order valence-corrected chi connectivity index (χ4v) is 2.23. The summed E-state index contributed by atoms with van der Waals surface area (Å²) in [6, 6.07) is 0.633. The second-order valence-electron chi connectivity index (χ2n) is 4.50. The Labute approximate surface area is 104 Å². The second kappa shape index (κ2) is 4.41. The van der Waals surface area contributed by atoms with Gasteiger partial charge in [0.25, 0.3) is 5.91 Å². The number of aryl methyl sites for hydroxylation is 2. The Morgan fingerprint density at radius 3 is 2.67 bits per heavy atom. The molecule has 98 valence electrons. The maximum atomic E-state index is 12.2. The third-order valence-electron chi connectivity index (χ3n) is 3.05. The molecule has 0 aliphatic carbocycles. The van der Waals surface area contributed by atoms with E-state index in [0.29, 0.717) is 11.4 Å². The Bertz CT molecular complexity index is 496. The minimum absolute atomic E-state index is 0.0417.